The van der Waals surface area contributed by atoms with Crippen LogP contribution in [0.25, 0.3) is 0 Å². The van der Waals surface area contributed by atoms with Gasteiger partial charge in [-0.25, -0.2) is 4.98 Å². The summed E-state index contributed by atoms with van der Waals surface area (Å²) in [5, 5.41) is 0. The summed E-state index contributed by atoms with van der Waals surface area (Å²) in [5.74, 6) is 1.93. The molecule has 5 heteroatoms. The minimum absolute atomic E-state index is 0.307. The van der Waals surface area contributed by atoms with Gasteiger partial charge >= 0.3 is 0 Å². The number of hydrogen-bond acceptors (Lipinski definition) is 5. The summed E-state index contributed by atoms with van der Waals surface area (Å²) >= 11 is 0. The average molecular weight is 250 g/mol. The van der Waals surface area contributed by atoms with Crippen LogP contribution < -0.4 is 15.4 Å². The molecular formula is C13H22N4O. The van der Waals surface area contributed by atoms with Gasteiger partial charge in [0.05, 0.1) is 6.61 Å². The van der Waals surface area contributed by atoms with E-state index in [0.29, 0.717) is 24.4 Å². The largest absolute Gasteiger partial charge is 0.478 e. The van der Waals surface area contributed by atoms with E-state index in [0.717, 1.165) is 31.9 Å². The van der Waals surface area contributed by atoms with Gasteiger partial charge in [-0.1, -0.05) is 13.3 Å². The Balaban J connectivity index is 2.09. The fourth-order valence-corrected chi connectivity index (χ4v) is 2.38. The van der Waals surface area contributed by atoms with Crippen LogP contribution in [0.2, 0.25) is 0 Å². The van der Waals surface area contributed by atoms with Crippen LogP contribution in [-0.2, 0) is 0 Å². The Morgan fingerprint density at radius 1 is 1.50 bits per heavy atom. The Morgan fingerprint density at radius 2 is 2.33 bits per heavy atom. The Morgan fingerprint density at radius 3 is 3.06 bits per heavy atom. The number of nitrogens with two attached hydrogens (primary N) is 1. The quantitative estimate of drug-likeness (QED) is 0.876. The molecule has 1 aromatic rings. The lowest BCUT2D eigenvalue weighted by Crippen LogP contribution is -2.47. The highest BCUT2D eigenvalue weighted by molar-refractivity contribution is 5.33. The van der Waals surface area contributed by atoms with Gasteiger partial charge in [-0.3, -0.25) is 0 Å². The van der Waals surface area contributed by atoms with Crippen molar-refractivity contribution in [2.45, 2.75) is 32.7 Å². The summed E-state index contributed by atoms with van der Waals surface area (Å²) in [6.45, 7) is 6.62. The molecule has 2 N–H and O–H groups in total. The predicted octanol–water partition coefficient (Wildman–Crippen LogP) is 1.44. The highest BCUT2D eigenvalue weighted by Gasteiger charge is 2.26. The Kier molecular flexibility index (Phi) is 4.36. The van der Waals surface area contributed by atoms with E-state index >= 15 is 0 Å². The summed E-state index contributed by atoms with van der Waals surface area (Å²) < 4.78 is 5.41. The topological polar surface area (TPSA) is 64.3 Å². The standard InChI is InChI=1S/C13H22N4O/c1-3-10-9-17(8-6-11(10)14)13-15-7-5-12(16-13)18-4-2/h5,7,10-11H,3-4,6,8-9,14H2,1-2H3. The zero-order valence-electron chi connectivity index (χ0n) is 11.2. The maximum Gasteiger partial charge on any atom is 0.228 e. The highest BCUT2D eigenvalue weighted by atomic mass is 16.5. The first-order valence-electron chi connectivity index (χ1n) is 6.71. The van der Waals surface area contributed by atoms with Crippen LogP contribution in [0.4, 0.5) is 5.95 Å². The number of ether oxygens (including phenoxy) is 1. The minimum atomic E-state index is 0.307. The van der Waals surface area contributed by atoms with E-state index in [4.69, 9.17) is 10.5 Å². The van der Waals surface area contributed by atoms with Crippen molar-refractivity contribution in [1.82, 2.24) is 9.97 Å². The molecule has 0 spiro atoms. The molecule has 0 radical (unpaired) electrons. The normalized spacial score (nSPS) is 24.1. The zero-order chi connectivity index (χ0) is 13.0. The van der Waals surface area contributed by atoms with Gasteiger partial charge in [0.2, 0.25) is 11.8 Å². The molecule has 1 aliphatic heterocycles. The summed E-state index contributed by atoms with van der Waals surface area (Å²) in [6.07, 6.45) is 3.85. The molecule has 2 atom stereocenters. The smallest absolute Gasteiger partial charge is 0.228 e. The number of nitrogens with zero attached hydrogens (tertiary/aromatic N) is 3. The van der Waals surface area contributed by atoms with E-state index in [-0.39, 0.29) is 0 Å². The summed E-state index contributed by atoms with van der Waals surface area (Å²) in [4.78, 5) is 11.0. The molecule has 0 amide bonds. The van der Waals surface area contributed by atoms with E-state index in [2.05, 4.69) is 21.8 Å². The fourth-order valence-electron chi connectivity index (χ4n) is 2.38. The first-order chi connectivity index (χ1) is 8.74. The third-order valence-electron chi connectivity index (χ3n) is 3.51. The van der Waals surface area contributed by atoms with Crippen LogP contribution in [0.15, 0.2) is 12.3 Å². The molecule has 1 aromatic heterocycles. The van der Waals surface area contributed by atoms with Crippen molar-refractivity contribution in [3.63, 3.8) is 0 Å². The summed E-state index contributed by atoms with van der Waals surface area (Å²) in [6, 6.07) is 2.10. The third-order valence-corrected chi connectivity index (χ3v) is 3.51. The van der Waals surface area contributed by atoms with Crippen LogP contribution in [0.1, 0.15) is 26.7 Å². The molecule has 2 heterocycles. The molecule has 2 rings (SSSR count). The second kappa shape index (κ2) is 6.00. The van der Waals surface area contributed by atoms with Crippen LogP contribution in [0.5, 0.6) is 5.88 Å². The van der Waals surface area contributed by atoms with Crippen molar-refractivity contribution in [3.05, 3.63) is 12.3 Å². The first kappa shape index (κ1) is 13.1. The van der Waals surface area contributed by atoms with Crippen molar-refractivity contribution in [1.29, 1.82) is 0 Å². The molecule has 0 aliphatic carbocycles. The number of rotatable bonds is 4. The van der Waals surface area contributed by atoms with Gasteiger partial charge in [-0.05, 0) is 19.3 Å². The Hall–Kier alpha value is -1.36. The summed E-state index contributed by atoms with van der Waals surface area (Å²) in [5.41, 5.74) is 6.12. The molecule has 1 aliphatic rings. The zero-order valence-corrected chi connectivity index (χ0v) is 11.2. The van der Waals surface area contributed by atoms with E-state index in [1.54, 1.807) is 12.3 Å². The van der Waals surface area contributed by atoms with E-state index in [1.807, 2.05) is 6.92 Å². The lowest BCUT2D eigenvalue weighted by molar-refractivity contribution is 0.322. The molecule has 2 unspecified atom stereocenters. The van der Waals surface area contributed by atoms with Gasteiger partial charge in [0.1, 0.15) is 0 Å². The van der Waals surface area contributed by atoms with Gasteiger partial charge in [-0.15, -0.1) is 0 Å². The lowest BCUT2D eigenvalue weighted by atomic mass is 9.91. The van der Waals surface area contributed by atoms with Crippen LogP contribution in [0, 0.1) is 5.92 Å². The molecule has 0 bridgehead atoms. The SMILES string of the molecule is CCOc1ccnc(N2CCC(N)C(CC)C2)n1. The molecule has 0 saturated carbocycles. The van der Waals surface area contributed by atoms with Crippen molar-refractivity contribution in [3.8, 4) is 5.88 Å². The fraction of sp³-hybridized carbons (Fsp3) is 0.692. The van der Waals surface area contributed by atoms with Gasteiger partial charge in [-0.2, -0.15) is 4.98 Å². The van der Waals surface area contributed by atoms with Gasteiger partial charge in [0, 0.05) is 31.4 Å². The van der Waals surface area contributed by atoms with Crippen molar-refractivity contribution in [2.24, 2.45) is 11.7 Å². The Bertz CT molecular complexity index is 385. The second-order valence-electron chi connectivity index (χ2n) is 4.69. The summed E-state index contributed by atoms with van der Waals surface area (Å²) in [7, 11) is 0. The number of piperidine rings is 1. The monoisotopic (exact) mass is 250 g/mol. The maximum atomic E-state index is 6.12. The average Bonchev–Trinajstić information content (AvgIpc) is 2.40. The Labute approximate surface area is 108 Å². The number of anilines is 1. The number of hydrogen-bond donors (Lipinski definition) is 1. The van der Waals surface area contributed by atoms with Crippen molar-refractivity contribution in [2.75, 3.05) is 24.6 Å². The molecule has 1 fully saturated rings. The second-order valence-corrected chi connectivity index (χ2v) is 4.69. The van der Waals surface area contributed by atoms with Crippen LogP contribution >= 0.6 is 0 Å². The minimum Gasteiger partial charge on any atom is -0.478 e. The predicted molar refractivity (Wildman–Crippen MR) is 71.8 cm³/mol. The number of aromatic nitrogens is 2. The highest BCUT2D eigenvalue weighted by Crippen LogP contribution is 2.22. The molecule has 5 nitrogen and oxygen atoms in total. The van der Waals surface area contributed by atoms with Gasteiger partial charge in [0.25, 0.3) is 0 Å². The molecule has 0 aromatic carbocycles. The molecule has 100 valence electrons. The van der Waals surface area contributed by atoms with E-state index in [9.17, 15) is 0 Å². The van der Waals surface area contributed by atoms with Crippen molar-refractivity contribution < 1.29 is 4.74 Å². The lowest BCUT2D eigenvalue weighted by Gasteiger charge is -2.36. The van der Waals surface area contributed by atoms with Gasteiger partial charge < -0.3 is 15.4 Å². The van der Waals surface area contributed by atoms with Gasteiger partial charge in [0.15, 0.2) is 0 Å². The van der Waals surface area contributed by atoms with Crippen LogP contribution in [-0.4, -0.2) is 35.7 Å². The molecular weight excluding hydrogens is 228 g/mol. The molecule has 1 saturated heterocycles. The maximum absolute atomic E-state index is 6.12. The molecule has 18 heavy (non-hydrogen) atoms. The van der Waals surface area contributed by atoms with Crippen molar-refractivity contribution >= 4 is 5.95 Å². The van der Waals surface area contributed by atoms with Crippen LogP contribution in [0.3, 0.4) is 0 Å². The van der Waals surface area contributed by atoms with E-state index < -0.39 is 0 Å². The first-order valence-corrected chi connectivity index (χ1v) is 6.71. The van der Waals surface area contributed by atoms with E-state index in [1.165, 1.54) is 0 Å². The third kappa shape index (κ3) is 2.90.